The number of anilines is 1. The maximum atomic E-state index is 5.75. The van der Waals surface area contributed by atoms with Crippen molar-refractivity contribution in [1.82, 2.24) is 0 Å². The van der Waals surface area contributed by atoms with Crippen LogP contribution in [0, 0.1) is 0 Å². The highest BCUT2D eigenvalue weighted by molar-refractivity contribution is 9.10. The summed E-state index contributed by atoms with van der Waals surface area (Å²) in [5, 5.41) is 0. The molecule has 0 saturated heterocycles. The van der Waals surface area contributed by atoms with E-state index in [9.17, 15) is 0 Å². The second-order valence-corrected chi connectivity index (χ2v) is 5.02. The molecule has 0 heterocycles. The molecule has 0 radical (unpaired) electrons. The largest absolute Gasteiger partial charge is 0.374 e. The van der Waals surface area contributed by atoms with Crippen molar-refractivity contribution in [3.8, 4) is 0 Å². The Balaban J connectivity index is 2.72. The molecule has 0 aliphatic carbocycles. The summed E-state index contributed by atoms with van der Waals surface area (Å²) in [7, 11) is 2.14. The van der Waals surface area contributed by atoms with Gasteiger partial charge in [0.15, 0.2) is 0 Å². The van der Waals surface area contributed by atoms with Crippen molar-refractivity contribution in [3.63, 3.8) is 0 Å². The van der Waals surface area contributed by atoms with E-state index in [2.05, 4.69) is 46.9 Å². The monoisotopic (exact) mass is 284 g/mol. The van der Waals surface area contributed by atoms with Gasteiger partial charge in [0.1, 0.15) is 0 Å². The third kappa shape index (κ3) is 3.80. The summed E-state index contributed by atoms with van der Waals surface area (Å²) in [5.74, 6) is 0. The first-order valence-electron chi connectivity index (χ1n) is 5.88. The summed E-state index contributed by atoms with van der Waals surface area (Å²) in [6, 6.07) is 6.29. The van der Waals surface area contributed by atoms with Gasteiger partial charge in [0.05, 0.1) is 0 Å². The van der Waals surface area contributed by atoms with Crippen LogP contribution in [0.5, 0.6) is 0 Å². The van der Waals surface area contributed by atoms with E-state index in [1.54, 1.807) is 0 Å². The molecule has 0 unspecified atom stereocenters. The first-order chi connectivity index (χ1) is 7.69. The van der Waals surface area contributed by atoms with E-state index in [1.165, 1.54) is 30.5 Å². The van der Waals surface area contributed by atoms with Crippen molar-refractivity contribution in [2.45, 2.75) is 32.7 Å². The van der Waals surface area contributed by atoms with Crippen molar-refractivity contribution in [1.29, 1.82) is 0 Å². The maximum absolute atomic E-state index is 5.75. The molecule has 0 spiro atoms. The molecule has 2 nitrogen and oxygen atoms in total. The van der Waals surface area contributed by atoms with Crippen LogP contribution in [-0.4, -0.2) is 13.6 Å². The number of benzene rings is 1. The predicted octanol–water partition coefficient (Wildman–Crippen LogP) is 3.53. The standard InChI is InChI=1S/C13H21BrN2/c1-3-4-5-8-16(2)13-9-12(14)7-6-11(13)10-15/h6-7,9H,3-5,8,10,15H2,1-2H3. The van der Waals surface area contributed by atoms with Crippen molar-refractivity contribution in [2.24, 2.45) is 5.73 Å². The number of nitrogens with zero attached hydrogens (tertiary/aromatic N) is 1. The fraction of sp³-hybridized carbons (Fsp3) is 0.538. The highest BCUT2D eigenvalue weighted by Crippen LogP contribution is 2.24. The Kier molecular flexibility index (Phi) is 5.85. The summed E-state index contributed by atoms with van der Waals surface area (Å²) in [5.41, 5.74) is 8.21. The molecule has 0 aliphatic rings. The molecule has 0 bridgehead atoms. The van der Waals surface area contributed by atoms with Gasteiger partial charge in [-0.2, -0.15) is 0 Å². The quantitative estimate of drug-likeness (QED) is 0.810. The molecular formula is C13H21BrN2. The summed E-state index contributed by atoms with van der Waals surface area (Å²) >= 11 is 3.51. The molecule has 1 aromatic carbocycles. The van der Waals surface area contributed by atoms with E-state index in [0.29, 0.717) is 6.54 Å². The van der Waals surface area contributed by atoms with Crippen LogP contribution < -0.4 is 10.6 Å². The van der Waals surface area contributed by atoms with Gasteiger partial charge >= 0.3 is 0 Å². The molecule has 0 aromatic heterocycles. The average molecular weight is 285 g/mol. The zero-order chi connectivity index (χ0) is 12.0. The normalized spacial score (nSPS) is 10.5. The Morgan fingerprint density at radius 2 is 2.06 bits per heavy atom. The number of rotatable bonds is 6. The van der Waals surface area contributed by atoms with Gasteiger partial charge < -0.3 is 10.6 Å². The third-order valence-electron chi connectivity index (χ3n) is 2.78. The molecule has 0 amide bonds. The first kappa shape index (κ1) is 13.5. The van der Waals surface area contributed by atoms with E-state index in [4.69, 9.17) is 5.73 Å². The smallest absolute Gasteiger partial charge is 0.0420 e. The van der Waals surface area contributed by atoms with Crippen molar-refractivity contribution in [2.75, 3.05) is 18.5 Å². The summed E-state index contributed by atoms with van der Waals surface area (Å²) < 4.78 is 1.11. The van der Waals surface area contributed by atoms with Crippen LogP contribution in [0.4, 0.5) is 5.69 Å². The summed E-state index contributed by atoms with van der Waals surface area (Å²) in [6.45, 7) is 3.92. The fourth-order valence-electron chi connectivity index (χ4n) is 1.78. The van der Waals surface area contributed by atoms with Crippen LogP contribution in [0.2, 0.25) is 0 Å². The topological polar surface area (TPSA) is 29.3 Å². The minimum atomic E-state index is 0.598. The van der Waals surface area contributed by atoms with Crippen LogP contribution >= 0.6 is 15.9 Å². The molecule has 2 N–H and O–H groups in total. The van der Waals surface area contributed by atoms with E-state index >= 15 is 0 Å². The van der Waals surface area contributed by atoms with E-state index in [0.717, 1.165) is 11.0 Å². The highest BCUT2D eigenvalue weighted by atomic mass is 79.9. The molecule has 0 fully saturated rings. The van der Waals surface area contributed by atoms with Crippen molar-refractivity contribution < 1.29 is 0 Å². The Morgan fingerprint density at radius 3 is 2.69 bits per heavy atom. The molecule has 3 heteroatoms. The van der Waals surface area contributed by atoms with Crippen LogP contribution in [0.1, 0.15) is 31.7 Å². The van der Waals surface area contributed by atoms with Crippen molar-refractivity contribution in [3.05, 3.63) is 28.2 Å². The Labute approximate surface area is 107 Å². The lowest BCUT2D eigenvalue weighted by Gasteiger charge is -2.22. The number of nitrogens with two attached hydrogens (primary N) is 1. The second kappa shape index (κ2) is 6.92. The number of hydrogen-bond acceptors (Lipinski definition) is 2. The number of unbranched alkanes of at least 4 members (excludes halogenated alkanes) is 2. The molecule has 16 heavy (non-hydrogen) atoms. The SMILES string of the molecule is CCCCCN(C)c1cc(Br)ccc1CN. The Morgan fingerprint density at radius 1 is 1.31 bits per heavy atom. The van der Waals surface area contributed by atoms with E-state index in [1.807, 2.05) is 6.07 Å². The third-order valence-corrected chi connectivity index (χ3v) is 3.27. The van der Waals surface area contributed by atoms with Gasteiger partial charge in [-0.25, -0.2) is 0 Å². The lowest BCUT2D eigenvalue weighted by molar-refractivity contribution is 0.703. The van der Waals surface area contributed by atoms with Gasteiger partial charge in [0, 0.05) is 30.3 Å². The highest BCUT2D eigenvalue weighted by Gasteiger charge is 2.06. The van der Waals surface area contributed by atoms with Gasteiger partial charge in [0.2, 0.25) is 0 Å². The minimum Gasteiger partial charge on any atom is -0.374 e. The Hall–Kier alpha value is -0.540. The minimum absolute atomic E-state index is 0.598. The summed E-state index contributed by atoms with van der Waals surface area (Å²) in [6.07, 6.45) is 3.79. The lowest BCUT2D eigenvalue weighted by Crippen LogP contribution is -2.20. The van der Waals surface area contributed by atoms with E-state index < -0.39 is 0 Å². The average Bonchev–Trinajstić information content (AvgIpc) is 2.29. The molecule has 0 saturated carbocycles. The maximum Gasteiger partial charge on any atom is 0.0420 e. The Bertz CT molecular complexity index is 326. The molecule has 1 rings (SSSR count). The lowest BCUT2D eigenvalue weighted by atomic mass is 10.1. The van der Waals surface area contributed by atoms with Gasteiger partial charge in [-0.15, -0.1) is 0 Å². The molecular weight excluding hydrogens is 264 g/mol. The molecule has 1 aromatic rings. The van der Waals surface area contributed by atoms with Gasteiger partial charge in [-0.1, -0.05) is 41.8 Å². The van der Waals surface area contributed by atoms with Gasteiger partial charge in [-0.05, 0) is 24.1 Å². The molecule has 0 aliphatic heterocycles. The summed E-state index contributed by atoms with van der Waals surface area (Å²) in [4.78, 5) is 2.29. The predicted molar refractivity (Wildman–Crippen MR) is 74.8 cm³/mol. The van der Waals surface area contributed by atoms with Crippen LogP contribution in [0.15, 0.2) is 22.7 Å². The molecule has 90 valence electrons. The van der Waals surface area contributed by atoms with Crippen molar-refractivity contribution >= 4 is 21.6 Å². The first-order valence-corrected chi connectivity index (χ1v) is 6.68. The van der Waals surface area contributed by atoms with E-state index in [-0.39, 0.29) is 0 Å². The van der Waals surface area contributed by atoms with Crippen LogP contribution in [0.25, 0.3) is 0 Å². The zero-order valence-electron chi connectivity index (χ0n) is 10.2. The van der Waals surface area contributed by atoms with Crippen LogP contribution in [-0.2, 0) is 6.54 Å². The molecule has 0 atom stereocenters. The van der Waals surface area contributed by atoms with Gasteiger partial charge in [0.25, 0.3) is 0 Å². The van der Waals surface area contributed by atoms with Gasteiger partial charge in [-0.3, -0.25) is 0 Å². The zero-order valence-corrected chi connectivity index (χ0v) is 11.8. The fourth-order valence-corrected chi connectivity index (χ4v) is 2.13. The number of hydrogen-bond donors (Lipinski definition) is 1. The van der Waals surface area contributed by atoms with Crippen LogP contribution in [0.3, 0.4) is 0 Å². The second-order valence-electron chi connectivity index (χ2n) is 4.11. The number of halogens is 1.